The monoisotopic (exact) mass is 289 g/mol. The van der Waals surface area contributed by atoms with Crippen LogP contribution in [0.25, 0.3) is 10.9 Å². The van der Waals surface area contributed by atoms with Crippen LogP contribution in [-0.2, 0) is 0 Å². The number of pyridine rings is 1. The summed E-state index contributed by atoms with van der Waals surface area (Å²) >= 11 is 0. The van der Waals surface area contributed by atoms with Crippen molar-refractivity contribution < 1.29 is 22.6 Å². The number of nitrogens with zero attached hydrogens (tertiary/aromatic N) is 2. The van der Waals surface area contributed by atoms with Crippen LogP contribution in [-0.4, -0.2) is 34.3 Å². The van der Waals surface area contributed by atoms with E-state index in [1.165, 1.54) is 12.3 Å². The molecule has 108 valence electrons. The van der Waals surface area contributed by atoms with Gasteiger partial charge in [-0.25, -0.2) is 4.98 Å². The maximum atomic E-state index is 12.2. The Kier molecular flexibility index (Phi) is 3.77. The van der Waals surface area contributed by atoms with Gasteiger partial charge >= 0.3 is 6.18 Å². The summed E-state index contributed by atoms with van der Waals surface area (Å²) in [7, 11) is 0. The number of aromatic nitrogens is 3. The minimum atomic E-state index is -4.51. The second-order valence-electron chi connectivity index (χ2n) is 3.72. The van der Waals surface area contributed by atoms with Crippen molar-refractivity contribution in [3.63, 3.8) is 0 Å². The largest absolute Gasteiger partial charge is 0.466 e. The molecule has 0 aliphatic carbocycles. The van der Waals surface area contributed by atoms with Gasteiger partial charge in [-0.05, 0) is 13.0 Å². The number of ether oxygens (including phenoxy) is 2. The number of alkyl halides is 3. The van der Waals surface area contributed by atoms with Crippen molar-refractivity contribution in [2.45, 2.75) is 13.1 Å². The molecule has 0 aliphatic heterocycles. The molecule has 6 nitrogen and oxygen atoms in total. The highest BCUT2D eigenvalue weighted by Crippen LogP contribution is 2.22. The Morgan fingerprint density at radius 2 is 2.10 bits per heavy atom. The van der Waals surface area contributed by atoms with Crippen LogP contribution in [0.4, 0.5) is 13.2 Å². The highest BCUT2D eigenvalue weighted by molar-refractivity contribution is 5.81. The Morgan fingerprint density at radius 1 is 1.35 bits per heavy atom. The highest BCUT2D eigenvalue weighted by atomic mass is 19.4. The van der Waals surface area contributed by atoms with Gasteiger partial charge in [0, 0.05) is 6.20 Å². The van der Waals surface area contributed by atoms with Gasteiger partial charge in [-0.2, -0.15) is 18.2 Å². The summed E-state index contributed by atoms with van der Waals surface area (Å²) < 4.78 is 46.1. The third kappa shape index (κ3) is 3.16. The molecule has 0 radical (unpaired) electrons. The van der Waals surface area contributed by atoms with Gasteiger partial charge in [0.15, 0.2) is 6.61 Å². The van der Waals surface area contributed by atoms with E-state index in [2.05, 4.69) is 19.7 Å². The number of halogens is 3. The van der Waals surface area contributed by atoms with E-state index >= 15 is 0 Å². The molecule has 0 aromatic carbocycles. The fourth-order valence-electron chi connectivity index (χ4n) is 1.48. The molecule has 2 aromatic rings. The molecule has 9 heteroatoms. The molecule has 0 unspecified atom stereocenters. The predicted molar refractivity (Wildman–Crippen MR) is 62.9 cm³/mol. The van der Waals surface area contributed by atoms with Gasteiger partial charge in [-0.15, -0.1) is 0 Å². The molecular weight excluding hydrogens is 279 g/mol. The number of H-pyrrole nitrogens is 1. The minimum Gasteiger partial charge on any atom is -0.466 e. The lowest BCUT2D eigenvalue weighted by atomic mass is 10.3. The summed E-state index contributed by atoms with van der Waals surface area (Å²) in [5, 5.41) is 0.0700. The Labute approximate surface area is 110 Å². The van der Waals surface area contributed by atoms with Gasteiger partial charge in [0.05, 0.1) is 12.0 Å². The maximum absolute atomic E-state index is 12.2. The molecule has 0 spiro atoms. The van der Waals surface area contributed by atoms with Crippen LogP contribution in [0.3, 0.4) is 0 Å². The van der Waals surface area contributed by atoms with E-state index in [1.54, 1.807) is 6.92 Å². The molecule has 0 aliphatic rings. The Morgan fingerprint density at radius 3 is 2.75 bits per heavy atom. The number of hydrogen-bond donors (Lipinski definition) is 1. The first-order valence-electron chi connectivity index (χ1n) is 5.62. The van der Waals surface area contributed by atoms with Crippen molar-refractivity contribution in [1.82, 2.24) is 15.0 Å². The smallest absolute Gasteiger partial charge is 0.422 e. The summed E-state index contributed by atoms with van der Waals surface area (Å²) in [6.45, 7) is 0.402. The second kappa shape index (κ2) is 5.35. The summed E-state index contributed by atoms with van der Waals surface area (Å²) in [4.78, 5) is 21.7. The number of aromatic amines is 1. The number of hydrogen-bond acceptors (Lipinski definition) is 5. The predicted octanol–water partition coefficient (Wildman–Crippen LogP) is 1.66. The van der Waals surface area contributed by atoms with Gasteiger partial charge in [0.1, 0.15) is 5.52 Å². The molecule has 0 amide bonds. The molecule has 0 fully saturated rings. The van der Waals surface area contributed by atoms with E-state index in [0.717, 1.165) is 0 Å². The fraction of sp³-hybridized carbons (Fsp3) is 0.364. The Balaban J connectivity index is 2.46. The van der Waals surface area contributed by atoms with Gasteiger partial charge in [0.25, 0.3) is 11.6 Å². The Hall–Kier alpha value is -2.32. The standard InChI is InChI=1S/C11H10F3N3O3/c1-2-19-10-16-7-6(8(18)17-10)3-4-15-9(7)20-5-11(12,13)14/h3-4H,2,5H2,1H3,(H,16,17,18). The zero-order valence-corrected chi connectivity index (χ0v) is 10.3. The van der Waals surface area contributed by atoms with Crippen LogP contribution >= 0.6 is 0 Å². The summed E-state index contributed by atoms with van der Waals surface area (Å²) in [5.41, 5.74) is -0.623. The van der Waals surface area contributed by atoms with Crippen LogP contribution in [0.15, 0.2) is 17.1 Å². The van der Waals surface area contributed by atoms with Crippen LogP contribution in [0.2, 0.25) is 0 Å². The SMILES string of the molecule is CCOc1nc2c(OCC(F)(F)F)nccc2c(=O)[nH]1. The maximum Gasteiger partial charge on any atom is 0.422 e. The van der Waals surface area contributed by atoms with Crippen LogP contribution in [0.1, 0.15) is 6.92 Å². The molecule has 2 rings (SSSR count). The van der Waals surface area contributed by atoms with Gasteiger partial charge in [-0.1, -0.05) is 0 Å². The van der Waals surface area contributed by atoms with Crippen molar-refractivity contribution >= 4 is 10.9 Å². The molecule has 1 N–H and O–H groups in total. The van der Waals surface area contributed by atoms with Crippen molar-refractivity contribution in [3.05, 3.63) is 22.6 Å². The lowest BCUT2D eigenvalue weighted by Gasteiger charge is -2.10. The third-order valence-electron chi connectivity index (χ3n) is 2.22. The molecule has 2 heterocycles. The zero-order chi connectivity index (χ0) is 14.8. The first-order chi connectivity index (χ1) is 9.40. The Bertz CT molecular complexity index is 669. The molecular formula is C11H10F3N3O3. The van der Waals surface area contributed by atoms with Crippen molar-refractivity contribution in [2.24, 2.45) is 0 Å². The molecule has 0 atom stereocenters. The van der Waals surface area contributed by atoms with E-state index in [9.17, 15) is 18.0 Å². The molecule has 20 heavy (non-hydrogen) atoms. The molecule has 0 bridgehead atoms. The minimum absolute atomic E-state index is 0.0700. The summed E-state index contributed by atoms with van der Waals surface area (Å²) in [5.74, 6) is -0.369. The molecule has 0 saturated carbocycles. The van der Waals surface area contributed by atoms with Crippen LogP contribution in [0.5, 0.6) is 11.9 Å². The van der Waals surface area contributed by atoms with E-state index < -0.39 is 18.3 Å². The van der Waals surface area contributed by atoms with Crippen LogP contribution in [0, 0.1) is 0 Å². The van der Waals surface area contributed by atoms with Gasteiger partial charge in [-0.3, -0.25) is 9.78 Å². The number of fused-ring (bicyclic) bond motifs is 1. The molecule has 2 aromatic heterocycles. The van der Waals surface area contributed by atoms with E-state index in [-0.39, 0.29) is 29.4 Å². The van der Waals surface area contributed by atoms with E-state index in [4.69, 9.17) is 4.74 Å². The second-order valence-corrected chi connectivity index (χ2v) is 3.72. The lowest BCUT2D eigenvalue weighted by Crippen LogP contribution is -2.20. The quantitative estimate of drug-likeness (QED) is 0.926. The fourth-order valence-corrected chi connectivity index (χ4v) is 1.48. The van der Waals surface area contributed by atoms with E-state index in [1.807, 2.05) is 0 Å². The third-order valence-corrected chi connectivity index (χ3v) is 2.22. The van der Waals surface area contributed by atoms with Gasteiger partial charge in [0.2, 0.25) is 5.88 Å². The highest BCUT2D eigenvalue weighted by Gasteiger charge is 2.29. The average Bonchev–Trinajstić information content (AvgIpc) is 2.36. The van der Waals surface area contributed by atoms with Crippen molar-refractivity contribution in [3.8, 4) is 11.9 Å². The number of nitrogens with one attached hydrogen (secondary N) is 1. The normalized spacial score (nSPS) is 11.6. The van der Waals surface area contributed by atoms with Crippen LogP contribution < -0.4 is 15.0 Å². The van der Waals surface area contributed by atoms with Gasteiger partial charge < -0.3 is 9.47 Å². The summed E-state index contributed by atoms with van der Waals surface area (Å²) in [6.07, 6.45) is -3.33. The summed E-state index contributed by atoms with van der Waals surface area (Å²) in [6, 6.07) is 1.23. The lowest BCUT2D eigenvalue weighted by molar-refractivity contribution is -0.153. The first-order valence-corrected chi connectivity index (χ1v) is 5.62. The van der Waals surface area contributed by atoms with E-state index in [0.29, 0.717) is 0 Å². The van der Waals surface area contributed by atoms with Crippen molar-refractivity contribution in [1.29, 1.82) is 0 Å². The average molecular weight is 289 g/mol. The van der Waals surface area contributed by atoms with Crippen molar-refractivity contribution in [2.75, 3.05) is 13.2 Å². The topological polar surface area (TPSA) is 77.1 Å². The zero-order valence-electron chi connectivity index (χ0n) is 10.3. The first kappa shape index (κ1) is 14.1. The molecule has 0 saturated heterocycles. The number of rotatable bonds is 4.